The second kappa shape index (κ2) is 9.82. The molecule has 2 heterocycles. The highest BCUT2D eigenvalue weighted by atomic mass is 32.2. The molecule has 176 valence electrons. The predicted octanol–water partition coefficient (Wildman–Crippen LogP) is 4.27. The normalized spacial score (nSPS) is 16.9. The molecule has 2 aliphatic heterocycles. The van der Waals surface area contributed by atoms with Crippen molar-refractivity contribution in [2.75, 3.05) is 7.11 Å². The standard InChI is InChI=1S/C23H22N4O5S2/c1-3-4-5-20-26-27-21(24)19(22(28)25-23(27)33-20)14-15-6-8-17(9-7-15)32-34(29,30)18-12-10-16(31-2)11-13-18/h6-14,24H,3-5H2,1-2H3. The molecule has 0 radical (unpaired) electrons. The van der Waals surface area contributed by atoms with Gasteiger partial charge in [-0.3, -0.25) is 10.2 Å². The van der Waals surface area contributed by atoms with Crippen LogP contribution in [0.15, 0.2) is 69.1 Å². The molecule has 0 fully saturated rings. The summed E-state index contributed by atoms with van der Waals surface area (Å²) in [5, 5.41) is 15.4. The number of thioether (sulfide) groups is 1. The van der Waals surface area contributed by atoms with Crippen LogP contribution >= 0.6 is 11.8 Å². The summed E-state index contributed by atoms with van der Waals surface area (Å²) >= 11 is 1.31. The maximum Gasteiger partial charge on any atom is 0.339 e. The number of nitrogens with zero attached hydrogens (tertiary/aromatic N) is 3. The first-order valence-corrected chi connectivity index (χ1v) is 12.7. The number of methoxy groups -OCH3 is 1. The molecule has 4 rings (SSSR count). The van der Waals surface area contributed by atoms with E-state index in [1.165, 1.54) is 66.4 Å². The lowest BCUT2D eigenvalue weighted by Gasteiger charge is -2.20. The van der Waals surface area contributed by atoms with E-state index in [-0.39, 0.29) is 22.1 Å². The average Bonchev–Trinajstić information content (AvgIpc) is 3.24. The number of hydrogen-bond donors (Lipinski definition) is 1. The van der Waals surface area contributed by atoms with Crippen LogP contribution in [0.4, 0.5) is 0 Å². The van der Waals surface area contributed by atoms with E-state index >= 15 is 0 Å². The van der Waals surface area contributed by atoms with Gasteiger partial charge < -0.3 is 8.92 Å². The molecule has 34 heavy (non-hydrogen) atoms. The van der Waals surface area contributed by atoms with Crippen LogP contribution in [0.25, 0.3) is 6.08 Å². The van der Waals surface area contributed by atoms with Gasteiger partial charge in [-0.15, -0.1) is 0 Å². The van der Waals surface area contributed by atoms with E-state index in [0.717, 1.165) is 24.3 Å². The summed E-state index contributed by atoms with van der Waals surface area (Å²) in [7, 11) is -2.53. The fourth-order valence-electron chi connectivity index (χ4n) is 3.16. The number of fused-ring (bicyclic) bond motifs is 1. The SMILES string of the molecule is CCCCC1=NN2C(=N)C(=Cc3ccc(OS(=O)(=O)c4ccc(OC)cc4)cc3)C(=O)N=C2S1. The van der Waals surface area contributed by atoms with Gasteiger partial charge in [-0.2, -0.15) is 23.5 Å². The van der Waals surface area contributed by atoms with Gasteiger partial charge in [0, 0.05) is 0 Å². The molecule has 2 aromatic rings. The van der Waals surface area contributed by atoms with Crippen molar-refractivity contribution in [1.29, 1.82) is 5.41 Å². The second-order valence-corrected chi connectivity index (χ2v) is 9.99. The predicted molar refractivity (Wildman–Crippen MR) is 132 cm³/mol. The topological polar surface area (TPSA) is 121 Å². The maximum absolute atomic E-state index is 12.5. The monoisotopic (exact) mass is 498 g/mol. The van der Waals surface area contributed by atoms with Gasteiger partial charge in [0.1, 0.15) is 21.4 Å². The Labute approximate surface area is 201 Å². The van der Waals surface area contributed by atoms with Crippen molar-refractivity contribution < 1.29 is 22.1 Å². The van der Waals surface area contributed by atoms with Crippen LogP contribution in [0.2, 0.25) is 0 Å². The number of benzene rings is 2. The summed E-state index contributed by atoms with van der Waals surface area (Å²) in [5.41, 5.74) is 0.687. The molecule has 0 spiro atoms. The molecule has 2 aromatic carbocycles. The van der Waals surface area contributed by atoms with Crippen molar-refractivity contribution >= 4 is 49.9 Å². The van der Waals surface area contributed by atoms with Gasteiger partial charge in [0.2, 0.25) is 5.17 Å². The van der Waals surface area contributed by atoms with E-state index in [2.05, 4.69) is 17.0 Å². The molecule has 0 unspecified atom stereocenters. The first-order valence-electron chi connectivity index (χ1n) is 10.5. The fraction of sp³-hybridized carbons (Fsp3) is 0.217. The summed E-state index contributed by atoms with van der Waals surface area (Å²) in [5.74, 6) is 0.0879. The summed E-state index contributed by atoms with van der Waals surface area (Å²) in [4.78, 5) is 16.6. The molecule has 0 bridgehead atoms. The Hall–Kier alpha value is -3.44. The third-order valence-electron chi connectivity index (χ3n) is 4.99. The van der Waals surface area contributed by atoms with Gasteiger partial charge in [-0.05, 0) is 72.6 Å². The number of nitrogens with one attached hydrogen (secondary N) is 1. The molecule has 2 aliphatic rings. The highest BCUT2D eigenvalue weighted by Crippen LogP contribution is 2.30. The molecule has 11 heteroatoms. The van der Waals surface area contributed by atoms with Gasteiger partial charge in [-0.25, -0.2) is 0 Å². The molecular formula is C23H22N4O5S2. The summed E-state index contributed by atoms with van der Waals surface area (Å²) in [6, 6.07) is 12.0. The zero-order valence-electron chi connectivity index (χ0n) is 18.5. The minimum atomic E-state index is -4.02. The summed E-state index contributed by atoms with van der Waals surface area (Å²) in [6.07, 6.45) is 4.29. The van der Waals surface area contributed by atoms with Crippen LogP contribution in [-0.4, -0.2) is 42.5 Å². The summed E-state index contributed by atoms with van der Waals surface area (Å²) in [6.45, 7) is 2.09. The highest BCUT2D eigenvalue weighted by Gasteiger charge is 2.35. The van der Waals surface area contributed by atoms with Crippen LogP contribution in [0.1, 0.15) is 31.7 Å². The Morgan fingerprint density at radius 2 is 1.76 bits per heavy atom. The first-order chi connectivity index (χ1) is 16.3. The molecule has 0 aliphatic carbocycles. The largest absolute Gasteiger partial charge is 0.497 e. The van der Waals surface area contributed by atoms with Crippen LogP contribution in [0.5, 0.6) is 11.5 Å². The average molecular weight is 499 g/mol. The Morgan fingerprint density at radius 3 is 2.41 bits per heavy atom. The van der Waals surface area contributed by atoms with Gasteiger partial charge in [0.15, 0.2) is 5.84 Å². The van der Waals surface area contributed by atoms with Crippen LogP contribution in [-0.2, 0) is 14.9 Å². The zero-order chi connectivity index (χ0) is 24.3. The highest BCUT2D eigenvalue weighted by molar-refractivity contribution is 8.26. The van der Waals surface area contributed by atoms with E-state index in [9.17, 15) is 13.2 Å². The number of carbonyl (C=O) groups excluding carboxylic acids is 1. The molecule has 0 saturated heterocycles. The number of aliphatic imine (C=N–C) groups is 1. The van der Waals surface area contributed by atoms with Crippen LogP contribution < -0.4 is 8.92 Å². The first kappa shape index (κ1) is 23.7. The molecule has 1 amide bonds. The van der Waals surface area contributed by atoms with Gasteiger partial charge in [0.05, 0.1) is 12.7 Å². The van der Waals surface area contributed by atoms with Crippen LogP contribution in [0, 0.1) is 5.41 Å². The van der Waals surface area contributed by atoms with E-state index in [4.69, 9.17) is 14.3 Å². The maximum atomic E-state index is 12.5. The van der Waals surface area contributed by atoms with E-state index in [1.807, 2.05) is 0 Å². The van der Waals surface area contributed by atoms with Crippen LogP contribution in [0.3, 0.4) is 0 Å². The van der Waals surface area contributed by atoms with E-state index in [1.54, 1.807) is 12.1 Å². The number of carbonyl (C=O) groups is 1. The molecule has 0 atom stereocenters. The Balaban J connectivity index is 1.50. The number of hydrazone groups is 1. The zero-order valence-corrected chi connectivity index (χ0v) is 20.1. The third kappa shape index (κ3) is 5.05. The van der Waals surface area contributed by atoms with Crippen molar-refractivity contribution in [3.05, 3.63) is 59.7 Å². The van der Waals surface area contributed by atoms with Gasteiger partial charge in [-0.1, -0.05) is 25.5 Å². The fourth-order valence-corrected chi connectivity index (χ4v) is 5.02. The number of unbranched alkanes of at least 4 members (excludes halogenated alkanes) is 1. The Morgan fingerprint density at radius 1 is 1.09 bits per heavy atom. The van der Waals surface area contributed by atoms with E-state index < -0.39 is 16.0 Å². The lowest BCUT2D eigenvalue weighted by molar-refractivity contribution is -0.114. The van der Waals surface area contributed by atoms with Crippen molar-refractivity contribution in [1.82, 2.24) is 5.01 Å². The lowest BCUT2D eigenvalue weighted by atomic mass is 10.1. The van der Waals surface area contributed by atoms with Crippen molar-refractivity contribution in [3.8, 4) is 11.5 Å². The van der Waals surface area contributed by atoms with Crippen molar-refractivity contribution in [2.45, 2.75) is 31.1 Å². The second-order valence-electron chi connectivity index (χ2n) is 7.40. The van der Waals surface area contributed by atoms with Crippen molar-refractivity contribution in [3.63, 3.8) is 0 Å². The molecule has 9 nitrogen and oxygen atoms in total. The summed E-state index contributed by atoms with van der Waals surface area (Å²) < 4.78 is 35.2. The van der Waals surface area contributed by atoms with Gasteiger partial charge in [0.25, 0.3) is 5.91 Å². The minimum Gasteiger partial charge on any atom is -0.497 e. The van der Waals surface area contributed by atoms with E-state index in [0.29, 0.717) is 16.5 Å². The Kier molecular flexibility index (Phi) is 6.85. The minimum absolute atomic E-state index is 0.00301. The number of rotatable bonds is 8. The lowest BCUT2D eigenvalue weighted by Crippen LogP contribution is -2.35. The molecular weight excluding hydrogens is 476 g/mol. The van der Waals surface area contributed by atoms with Crippen molar-refractivity contribution in [2.24, 2.45) is 10.1 Å². The number of amidine groups is 2. The number of amides is 1. The molecule has 0 aromatic heterocycles. The molecule has 1 N–H and O–H groups in total. The molecule has 0 saturated carbocycles. The smallest absolute Gasteiger partial charge is 0.339 e. The Bertz CT molecular complexity index is 1310. The number of hydrogen-bond acceptors (Lipinski definition) is 8. The van der Waals surface area contributed by atoms with Gasteiger partial charge >= 0.3 is 10.1 Å². The third-order valence-corrected chi connectivity index (χ3v) is 7.22. The quantitative estimate of drug-likeness (QED) is 0.426. The number of ether oxygens (including phenoxy) is 1.